The summed E-state index contributed by atoms with van der Waals surface area (Å²) in [5.41, 5.74) is 1.60. The molecule has 0 fully saturated rings. The highest BCUT2D eigenvalue weighted by Crippen LogP contribution is 2.44. The summed E-state index contributed by atoms with van der Waals surface area (Å²) >= 11 is 12.3. The van der Waals surface area contributed by atoms with Gasteiger partial charge in [0.2, 0.25) is 0 Å². The molecule has 0 amide bonds. The van der Waals surface area contributed by atoms with Crippen molar-refractivity contribution >= 4 is 40.6 Å². The Hall–Kier alpha value is -1.06. The van der Waals surface area contributed by atoms with Gasteiger partial charge < -0.3 is 4.74 Å². The van der Waals surface area contributed by atoms with Gasteiger partial charge in [-0.3, -0.25) is 0 Å². The number of hydrogen-bond donors (Lipinski definition) is 0. The average Bonchev–Trinajstić information content (AvgIpc) is 2.51. The minimum Gasteiger partial charge on any atom is -0.461 e. The summed E-state index contributed by atoms with van der Waals surface area (Å²) in [7, 11) is 0. The fraction of sp³-hybridized carbons (Fsp3) is 0.333. The Morgan fingerprint density at radius 1 is 1.53 bits per heavy atom. The number of fused-ring (bicyclic) bond motifs is 1. The fourth-order valence-corrected chi connectivity index (χ4v) is 2.21. The van der Waals surface area contributed by atoms with Crippen LogP contribution in [0.25, 0.3) is 0 Å². The summed E-state index contributed by atoms with van der Waals surface area (Å²) in [5.74, 6) is -0.489. The van der Waals surface area contributed by atoms with Gasteiger partial charge >= 0.3 is 5.97 Å². The fourth-order valence-electron chi connectivity index (χ4n) is 1.77. The van der Waals surface area contributed by atoms with E-state index in [1.165, 1.54) is 0 Å². The lowest BCUT2D eigenvalue weighted by Crippen LogP contribution is -2.31. The number of alkyl halides is 1. The zero-order valence-electron chi connectivity index (χ0n) is 9.46. The van der Waals surface area contributed by atoms with Crippen molar-refractivity contribution in [1.29, 1.82) is 0 Å². The van der Waals surface area contributed by atoms with Gasteiger partial charge in [-0.25, -0.2) is 9.79 Å². The molecule has 90 valence electrons. The summed E-state index contributed by atoms with van der Waals surface area (Å²) in [5, 5.41) is 0.566. The Balaban J connectivity index is 2.45. The van der Waals surface area contributed by atoms with E-state index >= 15 is 0 Å². The van der Waals surface area contributed by atoms with Crippen LogP contribution < -0.4 is 0 Å². The topological polar surface area (TPSA) is 38.7 Å². The molecule has 0 spiro atoms. The summed E-state index contributed by atoms with van der Waals surface area (Å²) < 4.78 is 4.94. The van der Waals surface area contributed by atoms with E-state index in [-0.39, 0.29) is 5.71 Å². The number of aliphatic imine (C=N–C) groups is 1. The van der Waals surface area contributed by atoms with Crippen molar-refractivity contribution in [3.8, 4) is 0 Å². The zero-order chi connectivity index (χ0) is 12.6. The molecule has 2 rings (SSSR count). The Morgan fingerprint density at radius 2 is 2.24 bits per heavy atom. The first-order valence-electron chi connectivity index (χ1n) is 5.22. The summed E-state index contributed by atoms with van der Waals surface area (Å²) in [4.78, 5) is 15.0. The van der Waals surface area contributed by atoms with Gasteiger partial charge in [0.25, 0.3) is 0 Å². The third kappa shape index (κ3) is 2.05. The minimum absolute atomic E-state index is 0.207. The number of carbonyl (C=O) groups is 1. The van der Waals surface area contributed by atoms with Crippen molar-refractivity contribution in [2.45, 2.75) is 18.7 Å². The first kappa shape index (κ1) is 12.4. The van der Waals surface area contributed by atoms with Crippen LogP contribution in [0.5, 0.6) is 0 Å². The molecule has 1 aromatic carbocycles. The highest BCUT2D eigenvalue weighted by Gasteiger charge is 2.42. The van der Waals surface area contributed by atoms with E-state index in [1.807, 2.05) is 0 Å². The van der Waals surface area contributed by atoms with E-state index in [0.29, 0.717) is 17.3 Å². The van der Waals surface area contributed by atoms with Crippen LogP contribution in [0.3, 0.4) is 0 Å². The van der Waals surface area contributed by atoms with Crippen molar-refractivity contribution in [2.75, 3.05) is 6.61 Å². The predicted octanol–water partition coefficient (Wildman–Crippen LogP) is 3.44. The molecular weight excluding hydrogens is 261 g/mol. The lowest BCUT2D eigenvalue weighted by Gasteiger charge is -2.18. The molecule has 1 aliphatic heterocycles. The van der Waals surface area contributed by atoms with E-state index in [4.69, 9.17) is 27.9 Å². The predicted molar refractivity (Wildman–Crippen MR) is 68.4 cm³/mol. The van der Waals surface area contributed by atoms with Gasteiger partial charge in [-0.1, -0.05) is 11.6 Å². The molecule has 1 unspecified atom stereocenters. The minimum atomic E-state index is -0.980. The van der Waals surface area contributed by atoms with Crippen molar-refractivity contribution in [1.82, 2.24) is 0 Å². The SMILES string of the molecule is CCOC(=O)C1=Nc2ccc(Cl)cc2C1(C)Cl. The Kier molecular flexibility index (Phi) is 3.15. The Morgan fingerprint density at radius 3 is 2.88 bits per heavy atom. The quantitative estimate of drug-likeness (QED) is 0.611. The second-order valence-electron chi connectivity index (χ2n) is 3.85. The maximum absolute atomic E-state index is 11.7. The molecule has 0 aromatic heterocycles. The van der Waals surface area contributed by atoms with E-state index in [0.717, 1.165) is 5.56 Å². The molecule has 1 aromatic rings. The second kappa shape index (κ2) is 4.31. The van der Waals surface area contributed by atoms with Crippen LogP contribution >= 0.6 is 23.2 Å². The van der Waals surface area contributed by atoms with Crippen molar-refractivity contribution in [3.05, 3.63) is 28.8 Å². The van der Waals surface area contributed by atoms with Crippen LogP contribution in [0.1, 0.15) is 19.4 Å². The second-order valence-corrected chi connectivity index (χ2v) is 5.04. The summed E-state index contributed by atoms with van der Waals surface area (Å²) in [6.45, 7) is 3.75. The molecule has 1 heterocycles. The molecule has 1 atom stereocenters. The van der Waals surface area contributed by atoms with Gasteiger partial charge in [-0.15, -0.1) is 11.6 Å². The van der Waals surface area contributed by atoms with Crippen LogP contribution in [0, 0.1) is 0 Å². The zero-order valence-corrected chi connectivity index (χ0v) is 11.0. The van der Waals surface area contributed by atoms with Crippen LogP contribution in [0.4, 0.5) is 5.69 Å². The van der Waals surface area contributed by atoms with Crippen molar-refractivity contribution in [2.24, 2.45) is 4.99 Å². The van der Waals surface area contributed by atoms with Gasteiger partial charge in [0, 0.05) is 10.6 Å². The van der Waals surface area contributed by atoms with Gasteiger partial charge in [0.05, 0.1) is 12.3 Å². The van der Waals surface area contributed by atoms with E-state index in [9.17, 15) is 4.79 Å². The van der Waals surface area contributed by atoms with Crippen LogP contribution in [0.15, 0.2) is 23.2 Å². The summed E-state index contributed by atoms with van der Waals surface area (Å²) in [6, 6.07) is 5.18. The smallest absolute Gasteiger partial charge is 0.354 e. The van der Waals surface area contributed by atoms with Crippen molar-refractivity contribution in [3.63, 3.8) is 0 Å². The Labute approximate surface area is 109 Å². The van der Waals surface area contributed by atoms with E-state index < -0.39 is 10.8 Å². The normalized spacial score (nSPS) is 22.0. The third-order valence-corrected chi connectivity index (χ3v) is 3.23. The van der Waals surface area contributed by atoms with Gasteiger partial charge in [0.15, 0.2) is 5.71 Å². The number of nitrogens with zero attached hydrogens (tertiary/aromatic N) is 1. The van der Waals surface area contributed by atoms with Gasteiger partial charge in [-0.2, -0.15) is 0 Å². The first-order valence-corrected chi connectivity index (χ1v) is 5.97. The van der Waals surface area contributed by atoms with Gasteiger partial charge in [-0.05, 0) is 32.0 Å². The molecule has 0 bridgehead atoms. The standard InChI is InChI=1S/C12H11Cl2NO2/c1-3-17-11(16)10-12(2,14)8-6-7(13)4-5-9(8)15-10/h4-6H,3H2,1-2H3. The maximum Gasteiger partial charge on any atom is 0.354 e. The first-order chi connectivity index (χ1) is 7.96. The third-order valence-electron chi connectivity index (χ3n) is 2.61. The largest absolute Gasteiger partial charge is 0.461 e. The van der Waals surface area contributed by atoms with Crippen LogP contribution in [-0.4, -0.2) is 18.3 Å². The van der Waals surface area contributed by atoms with Crippen LogP contribution in [0.2, 0.25) is 5.02 Å². The van der Waals surface area contributed by atoms with E-state index in [1.54, 1.807) is 32.0 Å². The highest BCUT2D eigenvalue weighted by molar-refractivity contribution is 6.53. The number of esters is 1. The molecule has 17 heavy (non-hydrogen) atoms. The molecular formula is C12H11Cl2NO2. The maximum atomic E-state index is 11.7. The summed E-state index contributed by atoms with van der Waals surface area (Å²) in [6.07, 6.45) is 0. The molecule has 0 saturated heterocycles. The van der Waals surface area contributed by atoms with Crippen LogP contribution in [-0.2, 0) is 14.4 Å². The van der Waals surface area contributed by atoms with E-state index in [2.05, 4.69) is 4.99 Å². The average molecular weight is 272 g/mol. The number of benzene rings is 1. The number of hydrogen-bond acceptors (Lipinski definition) is 3. The van der Waals surface area contributed by atoms with Crippen molar-refractivity contribution < 1.29 is 9.53 Å². The highest BCUT2D eigenvalue weighted by atomic mass is 35.5. The molecule has 1 aliphatic rings. The lowest BCUT2D eigenvalue weighted by atomic mass is 9.97. The molecule has 0 N–H and O–H groups in total. The molecule has 3 nitrogen and oxygen atoms in total. The monoisotopic (exact) mass is 271 g/mol. The number of carbonyl (C=O) groups excluding carboxylic acids is 1. The number of halogens is 2. The lowest BCUT2D eigenvalue weighted by molar-refractivity contribution is -0.135. The van der Waals surface area contributed by atoms with Gasteiger partial charge in [0.1, 0.15) is 4.87 Å². The molecule has 0 aliphatic carbocycles. The molecule has 0 radical (unpaired) electrons. The number of rotatable bonds is 2. The number of ether oxygens (including phenoxy) is 1. The Bertz CT molecular complexity index is 509. The molecule has 5 heteroatoms. The molecule has 0 saturated carbocycles.